The third-order valence-electron chi connectivity index (χ3n) is 15.2. The number of aliphatic carboxylic acids is 1. The van der Waals surface area contributed by atoms with Crippen molar-refractivity contribution in [3.8, 4) is 0 Å². The molecule has 4 nitrogen and oxygen atoms in total. The summed E-state index contributed by atoms with van der Waals surface area (Å²) in [5, 5.41) is 10.6. The van der Waals surface area contributed by atoms with Gasteiger partial charge in [0.15, 0.2) is 0 Å². The Labute approximate surface area is 250 Å². The van der Waals surface area contributed by atoms with E-state index >= 15 is 0 Å². The quantitative estimate of drug-likeness (QED) is 0.269. The number of hydrogen-bond acceptors (Lipinski definition) is 3. The maximum Gasteiger partial charge on any atom is 0.490 e. The lowest BCUT2D eigenvalue weighted by Crippen LogP contribution is -2.64. The van der Waals surface area contributed by atoms with Gasteiger partial charge in [0.1, 0.15) is 0 Å². The van der Waals surface area contributed by atoms with E-state index in [9.17, 15) is 9.90 Å². The van der Waals surface area contributed by atoms with Crippen LogP contribution in [0.4, 0.5) is 0 Å². The number of rotatable bonds is 2. The molecular formula is C36H57BO4. The molecule has 0 bridgehead atoms. The first kappa shape index (κ1) is 30.0. The molecule has 1 N–H and O–H groups in total. The van der Waals surface area contributed by atoms with Crippen LogP contribution in [0.3, 0.4) is 0 Å². The zero-order valence-corrected chi connectivity index (χ0v) is 28.0. The van der Waals surface area contributed by atoms with E-state index in [1.165, 1.54) is 23.9 Å². The fourth-order valence-electron chi connectivity index (χ4n) is 11.6. The van der Waals surface area contributed by atoms with Crippen LogP contribution in [0.1, 0.15) is 134 Å². The molecule has 41 heavy (non-hydrogen) atoms. The molecule has 5 heteroatoms. The number of carboxylic acids is 1. The fraction of sp³-hybridized carbons (Fsp3) is 0.861. The molecule has 228 valence electrons. The van der Waals surface area contributed by atoms with Gasteiger partial charge in [0.05, 0.1) is 16.6 Å². The molecule has 0 aromatic rings. The molecule has 1 aliphatic heterocycles. The standard InChI is InChI=1S/C36H57BO4/c1-29(2)18-20-36(28(38)39)21-19-34(10)23(24(36)22-29)12-13-26-33(9)16-15-27(37-40-31(5,6)32(7,8)41-37)30(3,4)25(33)14-17-35(26,34)11/h12,15,24-26H,13-14,16-22H2,1-11H3,(H,38,39)/t24-,25-,26+,33-,34+,35+,36-/m0/s1. The van der Waals surface area contributed by atoms with E-state index < -0.39 is 11.4 Å². The average Bonchev–Trinajstić information content (AvgIpc) is 3.04. The SMILES string of the molecule is CC1(C)CC[C@]2(C(=O)O)CC[C@]3(C)C(=CC[C@@H]4[C@@]5(C)CC=C(B6OC(C)(C)C(C)(C)O6)C(C)(C)[C@@H]5CC[C@]43C)[C@@H]2C1. The van der Waals surface area contributed by atoms with Gasteiger partial charge in [-0.1, -0.05) is 66.2 Å². The lowest BCUT2D eigenvalue weighted by molar-refractivity contribution is -0.178. The number of carbonyl (C=O) groups is 1. The maximum absolute atomic E-state index is 12.9. The largest absolute Gasteiger partial charge is 0.490 e. The predicted octanol–water partition coefficient (Wildman–Crippen LogP) is 9.04. The van der Waals surface area contributed by atoms with Crippen LogP contribution in [-0.4, -0.2) is 29.4 Å². The second-order valence-electron chi connectivity index (χ2n) is 18.4. The Kier molecular flexibility index (Phi) is 6.25. The summed E-state index contributed by atoms with van der Waals surface area (Å²) in [6, 6.07) is 0. The lowest BCUT2D eigenvalue weighted by atomic mass is 9.33. The predicted molar refractivity (Wildman–Crippen MR) is 166 cm³/mol. The fourth-order valence-corrected chi connectivity index (χ4v) is 11.6. The topological polar surface area (TPSA) is 55.8 Å². The van der Waals surface area contributed by atoms with E-state index in [0.717, 1.165) is 44.9 Å². The van der Waals surface area contributed by atoms with Crippen LogP contribution in [-0.2, 0) is 14.1 Å². The minimum absolute atomic E-state index is 0.0151. The smallest absolute Gasteiger partial charge is 0.481 e. The van der Waals surface area contributed by atoms with Gasteiger partial charge in [-0.25, -0.2) is 0 Å². The van der Waals surface area contributed by atoms with Gasteiger partial charge in [0, 0.05) is 0 Å². The van der Waals surface area contributed by atoms with E-state index in [2.05, 4.69) is 88.3 Å². The summed E-state index contributed by atoms with van der Waals surface area (Å²) in [6.07, 6.45) is 14.3. The number of allylic oxidation sites excluding steroid dienone is 4. The molecule has 1 saturated heterocycles. The second kappa shape index (κ2) is 8.55. The molecule has 0 radical (unpaired) electrons. The van der Waals surface area contributed by atoms with Crippen LogP contribution < -0.4 is 0 Å². The lowest BCUT2D eigenvalue weighted by Gasteiger charge is -2.70. The number of carboxylic acid groups (broad SMARTS) is 1. The normalized spacial score (nSPS) is 47.2. The van der Waals surface area contributed by atoms with E-state index in [1.807, 2.05) is 0 Å². The first-order valence-electron chi connectivity index (χ1n) is 16.7. The zero-order chi connectivity index (χ0) is 30.2. The zero-order valence-electron chi connectivity index (χ0n) is 28.0. The van der Waals surface area contributed by atoms with Crippen LogP contribution in [0.5, 0.6) is 0 Å². The van der Waals surface area contributed by atoms with Gasteiger partial charge in [-0.15, -0.1) is 0 Å². The molecule has 0 amide bonds. The third kappa shape index (κ3) is 3.75. The van der Waals surface area contributed by atoms with E-state index in [0.29, 0.717) is 11.8 Å². The van der Waals surface area contributed by atoms with Gasteiger partial charge in [0.2, 0.25) is 0 Å². The summed E-state index contributed by atoms with van der Waals surface area (Å²) in [7, 11) is -0.277. The highest BCUT2D eigenvalue weighted by atomic mass is 16.7. The van der Waals surface area contributed by atoms with Crippen molar-refractivity contribution in [1.29, 1.82) is 0 Å². The van der Waals surface area contributed by atoms with Gasteiger partial charge in [0.25, 0.3) is 0 Å². The summed E-state index contributed by atoms with van der Waals surface area (Å²) >= 11 is 0. The minimum Gasteiger partial charge on any atom is -0.481 e. The molecule has 3 saturated carbocycles. The summed E-state index contributed by atoms with van der Waals surface area (Å²) in [6.45, 7) is 26.0. The van der Waals surface area contributed by atoms with Crippen molar-refractivity contribution in [3.63, 3.8) is 0 Å². The van der Waals surface area contributed by atoms with Crippen molar-refractivity contribution in [2.24, 2.45) is 50.2 Å². The number of fused-ring (bicyclic) bond motifs is 7. The molecule has 0 aromatic heterocycles. The average molecular weight is 565 g/mol. The Morgan fingerprint density at radius 1 is 0.829 bits per heavy atom. The Bertz CT molecular complexity index is 1190. The van der Waals surface area contributed by atoms with E-state index in [-0.39, 0.29) is 51.3 Å². The molecule has 0 aromatic carbocycles. The van der Waals surface area contributed by atoms with Gasteiger partial charge >= 0.3 is 13.1 Å². The Morgan fingerprint density at radius 3 is 2.05 bits per heavy atom. The van der Waals surface area contributed by atoms with E-state index in [1.54, 1.807) is 0 Å². The monoisotopic (exact) mass is 564 g/mol. The van der Waals surface area contributed by atoms with Gasteiger partial charge in [-0.2, -0.15) is 0 Å². The maximum atomic E-state index is 12.9. The van der Waals surface area contributed by atoms with Crippen LogP contribution >= 0.6 is 0 Å². The van der Waals surface area contributed by atoms with Crippen LogP contribution in [0.2, 0.25) is 0 Å². The highest BCUT2D eigenvalue weighted by molar-refractivity contribution is 6.55. The van der Waals surface area contributed by atoms with E-state index in [4.69, 9.17) is 9.31 Å². The van der Waals surface area contributed by atoms with Gasteiger partial charge in [-0.3, -0.25) is 4.79 Å². The minimum atomic E-state index is -0.571. The Balaban J connectivity index is 1.38. The van der Waals surface area contributed by atoms with Crippen molar-refractivity contribution in [2.75, 3.05) is 0 Å². The molecule has 6 aliphatic rings. The highest BCUT2D eigenvalue weighted by Gasteiger charge is 2.69. The molecule has 1 heterocycles. The van der Waals surface area contributed by atoms with Crippen LogP contribution in [0.15, 0.2) is 23.2 Å². The van der Waals surface area contributed by atoms with Crippen molar-refractivity contribution in [1.82, 2.24) is 0 Å². The summed E-state index contributed by atoms with van der Waals surface area (Å²) in [4.78, 5) is 12.9. The van der Waals surface area contributed by atoms with Crippen molar-refractivity contribution in [2.45, 2.75) is 145 Å². The first-order valence-corrected chi connectivity index (χ1v) is 16.7. The molecule has 6 rings (SSSR count). The van der Waals surface area contributed by atoms with Crippen LogP contribution in [0.25, 0.3) is 0 Å². The Hall–Kier alpha value is -1.07. The summed E-state index contributed by atoms with van der Waals surface area (Å²) in [5.41, 5.74) is 2.21. The molecule has 5 aliphatic carbocycles. The summed E-state index contributed by atoms with van der Waals surface area (Å²) < 4.78 is 13.2. The first-order chi connectivity index (χ1) is 18.7. The molecule has 4 fully saturated rings. The van der Waals surface area contributed by atoms with Crippen molar-refractivity contribution < 1.29 is 19.2 Å². The molecule has 7 atom stereocenters. The Morgan fingerprint density at radius 2 is 1.44 bits per heavy atom. The second-order valence-corrected chi connectivity index (χ2v) is 18.4. The molecule has 0 unspecified atom stereocenters. The van der Waals surface area contributed by atoms with Crippen LogP contribution in [0, 0.1) is 50.2 Å². The molecular weight excluding hydrogens is 507 g/mol. The molecule has 0 spiro atoms. The third-order valence-corrected chi connectivity index (χ3v) is 15.2. The van der Waals surface area contributed by atoms with Gasteiger partial charge in [-0.05, 0) is 136 Å². The van der Waals surface area contributed by atoms with Crippen molar-refractivity contribution in [3.05, 3.63) is 23.2 Å². The number of hydrogen-bond donors (Lipinski definition) is 1. The van der Waals surface area contributed by atoms with Gasteiger partial charge < -0.3 is 14.4 Å². The highest BCUT2D eigenvalue weighted by Crippen LogP contribution is 2.75. The summed E-state index contributed by atoms with van der Waals surface area (Å²) in [5.74, 6) is 0.759. The van der Waals surface area contributed by atoms with Crippen molar-refractivity contribution >= 4 is 13.1 Å².